The number of hydrogen-bond acceptors (Lipinski definition) is 11. The number of benzene rings is 2. The number of nitrogens with one attached hydrogen (secondary N) is 2. The number of carbonyl (C=O) groups excluding carboxylic acids is 4. The number of piperazine rings is 2. The molecule has 3 saturated heterocycles. The molecule has 4 aromatic rings. The summed E-state index contributed by atoms with van der Waals surface area (Å²) in [6, 6.07) is 17.9. The van der Waals surface area contributed by atoms with Crippen LogP contribution in [0.2, 0.25) is 0 Å². The lowest BCUT2D eigenvalue weighted by Crippen LogP contribution is -2.53. The Balaban J connectivity index is 0.761. The van der Waals surface area contributed by atoms with E-state index in [0.717, 1.165) is 100 Å². The van der Waals surface area contributed by atoms with Crippen molar-refractivity contribution < 1.29 is 23.9 Å². The van der Waals surface area contributed by atoms with Gasteiger partial charge < -0.3 is 29.3 Å². The SMILES string of the molecule is CN(C)C(=O)c1cc2cnc(Nc3ccc(N4CCN(CCN5CCN(C(=O)COc6cccc(C7CCC(=O)NC7=O)c6)CC5)CC4)cc3)nc2n1C1CCCC1. The molecular weight excluding hydrogens is 737 g/mol. The highest BCUT2D eigenvalue weighted by Crippen LogP contribution is 2.35. The Hall–Kier alpha value is -5.54. The van der Waals surface area contributed by atoms with Gasteiger partial charge in [-0.15, -0.1) is 0 Å². The van der Waals surface area contributed by atoms with E-state index in [1.165, 1.54) is 5.69 Å². The molecule has 306 valence electrons. The molecule has 2 aromatic carbocycles. The summed E-state index contributed by atoms with van der Waals surface area (Å²) < 4.78 is 7.98. The van der Waals surface area contributed by atoms with Gasteiger partial charge >= 0.3 is 0 Å². The lowest BCUT2D eigenvalue weighted by molar-refractivity contribution is -0.136. The lowest BCUT2D eigenvalue weighted by atomic mass is 9.90. The Morgan fingerprint density at radius 2 is 1.59 bits per heavy atom. The van der Waals surface area contributed by atoms with Gasteiger partial charge in [-0.25, -0.2) is 4.98 Å². The Bertz CT molecular complexity index is 2120. The molecule has 5 heterocycles. The van der Waals surface area contributed by atoms with Crippen LogP contribution in [-0.4, -0.2) is 144 Å². The number of hydrogen-bond donors (Lipinski definition) is 2. The second-order valence-corrected chi connectivity index (χ2v) is 16.1. The number of rotatable bonds is 12. The molecule has 4 amide bonds. The van der Waals surface area contributed by atoms with Crippen LogP contribution in [0.25, 0.3) is 11.0 Å². The van der Waals surface area contributed by atoms with Gasteiger partial charge in [0.15, 0.2) is 6.61 Å². The van der Waals surface area contributed by atoms with Gasteiger partial charge in [-0.3, -0.25) is 34.3 Å². The highest BCUT2D eigenvalue weighted by Gasteiger charge is 2.29. The van der Waals surface area contributed by atoms with E-state index in [9.17, 15) is 19.2 Å². The summed E-state index contributed by atoms with van der Waals surface area (Å²) in [5.41, 5.74) is 4.37. The fourth-order valence-corrected chi connectivity index (χ4v) is 8.68. The molecule has 3 aliphatic heterocycles. The number of ether oxygens (including phenoxy) is 1. The van der Waals surface area contributed by atoms with Crippen molar-refractivity contribution in [2.45, 2.75) is 50.5 Å². The van der Waals surface area contributed by atoms with E-state index in [1.807, 2.05) is 29.3 Å². The maximum atomic E-state index is 13.1. The number of fused-ring (bicyclic) bond motifs is 1. The normalized spacial score (nSPS) is 19.7. The first-order valence-corrected chi connectivity index (χ1v) is 20.7. The van der Waals surface area contributed by atoms with Gasteiger partial charge in [0.25, 0.3) is 11.8 Å². The molecule has 0 radical (unpaired) electrons. The smallest absolute Gasteiger partial charge is 0.270 e. The van der Waals surface area contributed by atoms with Crippen molar-refractivity contribution in [3.63, 3.8) is 0 Å². The van der Waals surface area contributed by atoms with Gasteiger partial charge in [0.2, 0.25) is 17.8 Å². The van der Waals surface area contributed by atoms with Crippen LogP contribution in [0.1, 0.15) is 66.5 Å². The van der Waals surface area contributed by atoms with Crippen LogP contribution in [0.4, 0.5) is 17.3 Å². The Morgan fingerprint density at radius 1 is 0.879 bits per heavy atom. The first-order valence-electron chi connectivity index (χ1n) is 20.7. The standard InChI is InChI=1S/C43H54N10O5/c1-48(2)42(57)37-27-31-28-44-43(47-40(31)53(37)34-7-3-4-8-34)45-32-10-12-33(13-11-32)51-22-18-49(19-23-51)16-17-50-20-24-52(25-21-50)39(55)29-58-35-9-5-6-30(26-35)36-14-15-38(54)46-41(36)56/h5-6,9-13,26-28,34,36H,3-4,7-8,14-25,29H2,1-2H3,(H,44,45,47)(H,46,54,56). The summed E-state index contributed by atoms with van der Waals surface area (Å²) in [5.74, 6) is 0.0837. The van der Waals surface area contributed by atoms with E-state index in [4.69, 9.17) is 9.72 Å². The largest absolute Gasteiger partial charge is 0.484 e. The van der Waals surface area contributed by atoms with Crippen LogP contribution >= 0.6 is 0 Å². The predicted octanol–water partition coefficient (Wildman–Crippen LogP) is 3.86. The number of nitrogens with zero attached hydrogens (tertiary/aromatic N) is 8. The molecule has 4 aliphatic rings. The van der Waals surface area contributed by atoms with E-state index in [-0.39, 0.29) is 36.3 Å². The Morgan fingerprint density at radius 3 is 2.28 bits per heavy atom. The maximum Gasteiger partial charge on any atom is 0.270 e. The summed E-state index contributed by atoms with van der Waals surface area (Å²) in [5, 5.41) is 6.67. The monoisotopic (exact) mass is 790 g/mol. The van der Waals surface area contributed by atoms with E-state index in [0.29, 0.717) is 43.3 Å². The third kappa shape index (κ3) is 8.95. The Kier molecular flexibility index (Phi) is 11.9. The van der Waals surface area contributed by atoms with E-state index < -0.39 is 5.92 Å². The topological polar surface area (TPSA) is 148 Å². The average molecular weight is 791 g/mol. The summed E-state index contributed by atoms with van der Waals surface area (Å²) in [6.45, 7) is 8.82. The zero-order valence-corrected chi connectivity index (χ0v) is 33.6. The van der Waals surface area contributed by atoms with Crippen molar-refractivity contribution in [1.82, 2.24) is 39.5 Å². The fourth-order valence-electron chi connectivity index (χ4n) is 8.68. The molecule has 2 N–H and O–H groups in total. The number of piperidine rings is 1. The van der Waals surface area contributed by atoms with Gasteiger partial charge in [0.1, 0.15) is 17.1 Å². The number of anilines is 3. The third-order valence-corrected chi connectivity index (χ3v) is 12.1. The predicted molar refractivity (Wildman–Crippen MR) is 222 cm³/mol. The minimum absolute atomic E-state index is 0.0153. The van der Waals surface area contributed by atoms with Crippen LogP contribution < -0.4 is 20.3 Å². The van der Waals surface area contributed by atoms with Crippen LogP contribution in [0.3, 0.4) is 0 Å². The van der Waals surface area contributed by atoms with Gasteiger partial charge in [-0.2, -0.15) is 4.98 Å². The van der Waals surface area contributed by atoms with E-state index in [1.54, 1.807) is 31.1 Å². The number of imide groups is 1. The minimum Gasteiger partial charge on any atom is -0.484 e. The molecular formula is C43H54N10O5. The van der Waals surface area contributed by atoms with Crippen molar-refractivity contribution in [2.75, 3.05) is 96.4 Å². The zero-order valence-electron chi connectivity index (χ0n) is 33.6. The fraction of sp³-hybridized carbons (Fsp3) is 0.488. The van der Waals surface area contributed by atoms with Crippen LogP contribution in [0.5, 0.6) is 5.75 Å². The first kappa shape index (κ1) is 39.3. The van der Waals surface area contributed by atoms with Gasteiger partial charge in [-0.05, 0) is 67.3 Å². The molecule has 1 unspecified atom stereocenters. The third-order valence-electron chi connectivity index (χ3n) is 12.1. The maximum absolute atomic E-state index is 13.1. The summed E-state index contributed by atoms with van der Waals surface area (Å²) in [7, 11) is 3.57. The Labute approximate surface area is 339 Å². The van der Waals surface area contributed by atoms with Crippen LogP contribution in [-0.2, 0) is 14.4 Å². The van der Waals surface area contributed by atoms with Gasteiger partial charge in [-0.1, -0.05) is 25.0 Å². The molecule has 15 heteroatoms. The van der Waals surface area contributed by atoms with Crippen molar-refractivity contribution in [3.8, 4) is 5.75 Å². The summed E-state index contributed by atoms with van der Waals surface area (Å²) in [6.07, 6.45) is 7.02. The van der Waals surface area contributed by atoms with Crippen molar-refractivity contribution in [2.24, 2.45) is 0 Å². The van der Waals surface area contributed by atoms with Crippen molar-refractivity contribution in [1.29, 1.82) is 0 Å². The van der Waals surface area contributed by atoms with E-state index >= 15 is 0 Å². The molecule has 1 aliphatic carbocycles. The number of aromatic nitrogens is 3. The first-order chi connectivity index (χ1) is 28.2. The molecule has 0 spiro atoms. The molecule has 8 rings (SSSR count). The van der Waals surface area contributed by atoms with Crippen molar-refractivity contribution in [3.05, 3.63) is 72.1 Å². The quantitative estimate of drug-likeness (QED) is 0.202. The van der Waals surface area contributed by atoms with Gasteiger partial charge in [0, 0.05) is 115 Å². The minimum atomic E-state index is -0.391. The number of amides is 4. The molecule has 2 aromatic heterocycles. The van der Waals surface area contributed by atoms with Crippen LogP contribution in [0.15, 0.2) is 60.8 Å². The number of carbonyl (C=O) groups is 4. The highest BCUT2D eigenvalue weighted by atomic mass is 16.5. The van der Waals surface area contributed by atoms with Crippen LogP contribution in [0, 0.1) is 0 Å². The molecule has 58 heavy (non-hydrogen) atoms. The average Bonchev–Trinajstić information content (AvgIpc) is 3.91. The highest BCUT2D eigenvalue weighted by molar-refractivity contribution is 6.01. The van der Waals surface area contributed by atoms with Gasteiger partial charge in [0.05, 0.1) is 5.92 Å². The zero-order chi connectivity index (χ0) is 40.2. The summed E-state index contributed by atoms with van der Waals surface area (Å²) in [4.78, 5) is 70.3. The summed E-state index contributed by atoms with van der Waals surface area (Å²) >= 11 is 0. The van der Waals surface area contributed by atoms with Crippen molar-refractivity contribution >= 4 is 52.0 Å². The second kappa shape index (κ2) is 17.5. The van der Waals surface area contributed by atoms with E-state index in [2.05, 4.69) is 59.1 Å². The molecule has 1 saturated carbocycles. The lowest BCUT2D eigenvalue weighted by Gasteiger charge is -2.39. The molecule has 1 atom stereocenters. The second-order valence-electron chi connectivity index (χ2n) is 16.1. The molecule has 15 nitrogen and oxygen atoms in total. The molecule has 4 fully saturated rings. The molecule has 0 bridgehead atoms.